The maximum Gasteiger partial charge on any atom is 0.303 e. The van der Waals surface area contributed by atoms with Crippen LogP contribution in [0.3, 0.4) is 0 Å². The molecule has 0 aliphatic heterocycles. The van der Waals surface area contributed by atoms with Gasteiger partial charge in [-0.15, -0.1) is 5.92 Å². The van der Waals surface area contributed by atoms with Gasteiger partial charge >= 0.3 is 5.97 Å². The van der Waals surface area contributed by atoms with E-state index in [-0.39, 0.29) is 0 Å². The first-order valence-electron chi connectivity index (χ1n) is 8.55. The second-order valence-corrected chi connectivity index (χ2v) is 5.70. The molecule has 0 spiro atoms. The SMILES string of the molecule is CCCC(O)C#CCCCCCCCCCCCC(=O)O. The van der Waals surface area contributed by atoms with Gasteiger partial charge in [-0.25, -0.2) is 0 Å². The Hall–Kier alpha value is -1.01. The molecule has 2 N–H and O–H groups in total. The number of aliphatic hydroxyl groups excluding tert-OH is 1. The Labute approximate surface area is 130 Å². The number of aliphatic carboxylic acids is 1. The molecule has 1 atom stereocenters. The Morgan fingerprint density at radius 2 is 1.48 bits per heavy atom. The summed E-state index contributed by atoms with van der Waals surface area (Å²) in [5.41, 5.74) is 0. The molecule has 122 valence electrons. The summed E-state index contributed by atoms with van der Waals surface area (Å²) in [6.07, 6.45) is 12.9. The second kappa shape index (κ2) is 15.4. The summed E-state index contributed by atoms with van der Waals surface area (Å²) in [5, 5.41) is 17.9. The quantitative estimate of drug-likeness (QED) is 0.388. The summed E-state index contributed by atoms with van der Waals surface area (Å²) in [5.74, 6) is 5.26. The van der Waals surface area contributed by atoms with Crippen LogP contribution in [0.5, 0.6) is 0 Å². The molecule has 21 heavy (non-hydrogen) atoms. The Bertz CT molecular complexity index is 301. The van der Waals surface area contributed by atoms with E-state index in [1.54, 1.807) is 0 Å². The largest absolute Gasteiger partial charge is 0.481 e. The number of hydrogen-bond acceptors (Lipinski definition) is 2. The van der Waals surface area contributed by atoms with E-state index in [0.29, 0.717) is 6.42 Å². The average Bonchev–Trinajstić information content (AvgIpc) is 2.44. The maximum atomic E-state index is 10.3. The number of aliphatic hydroxyl groups is 1. The molecular weight excluding hydrogens is 264 g/mol. The van der Waals surface area contributed by atoms with Crippen molar-refractivity contribution < 1.29 is 15.0 Å². The monoisotopic (exact) mass is 296 g/mol. The smallest absolute Gasteiger partial charge is 0.303 e. The van der Waals surface area contributed by atoms with Gasteiger partial charge in [0.2, 0.25) is 0 Å². The predicted molar refractivity (Wildman–Crippen MR) is 87.1 cm³/mol. The molecule has 0 saturated heterocycles. The van der Waals surface area contributed by atoms with Gasteiger partial charge in [-0.1, -0.05) is 64.2 Å². The first-order chi connectivity index (χ1) is 10.2. The van der Waals surface area contributed by atoms with E-state index in [0.717, 1.165) is 44.9 Å². The lowest BCUT2D eigenvalue weighted by atomic mass is 10.1. The summed E-state index contributed by atoms with van der Waals surface area (Å²) in [4.78, 5) is 10.3. The van der Waals surface area contributed by atoms with Crippen LogP contribution in [-0.2, 0) is 4.79 Å². The first-order valence-corrected chi connectivity index (χ1v) is 8.55. The lowest BCUT2D eigenvalue weighted by molar-refractivity contribution is -0.137. The highest BCUT2D eigenvalue weighted by atomic mass is 16.4. The van der Waals surface area contributed by atoms with Crippen molar-refractivity contribution in [3.05, 3.63) is 0 Å². The fraction of sp³-hybridized carbons (Fsp3) is 0.833. The van der Waals surface area contributed by atoms with Gasteiger partial charge in [0.25, 0.3) is 0 Å². The fourth-order valence-corrected chi connectivity index (χ4v) is 2.26. The zero-order valence-electron chi connectivity index (χ0n) is 13.6. The van der Waals surface area contributed by atoms with Crippen molar-refractivity contribution in [1.29, 1.82) is 0 Å². The topological polar surface area (TPSA) is 57.5 Å². The summed E-state index contributed by atoms with van der Waals surface area (Å²) in [6, 6.07) is 0. The minimum Gasteiger partial charge on any atom is -0.481 e. The minimum absolute atomic E-state index is 0.313. The van der Waals surface area contributed by atoms with E-state index in [9.17, 15) is 9.90 Å². The van der Waals surface area contributed by atoms with Gasteiger partial charge in [0.1, 0.15) is 6.10 Å². The van der Waals surface area contributed by atoms with E-state index < -0.39 is 12.1 Å². The van der Waals surface area contributed by atoms with Gasteiger partial charge in [-0.3, -0.25) is 4.79 Å². The molecule has 3 heteroatoms. The van der Waals surface area contributed by atoms with Crippen LogP contribution in [-0.4, -0.2) is 22.3 Å². The van der Waals surface area contributed by atoms with Crippen LogP contribution in [0.25, 0.3) is 0 Å². The predicted octanol–water partition coefficient (Wildman–Crippen LogP) is 4.53. The van der Waals surface area contributed by atoms with Gasteiger partial charge in [-0.2, -0.15) is 0 Å². The van der Waals surface area contributed by atoms with Crippen molar-refractivity contribution in [3.63, 3.8) is 0 Å². The van der Waals surface area contributed by atoms with E-state index >= 15 is 0 Å². The molecule has 3 nitrogen and oxygen atoms in total. The molecule has 0 amide bonds. The molecule has 0 aromatic heterocycles. The molecule has 0 bridgehead atoms. The number of unbranched alkanes of at least 4 members (excludes halogenated alkanes) is 9. The van der Waals surface area contributed by atoms with Crippen LogP contribution in [0.1, 0.15) is 90.4 Å². The Morgan fingerprint density at radius 1 is 0.952 bits per heavy atom. The van der Waals surface area contributed by atoms with E-state index in [2.05, 4.69) is 18.8 Å². The van der Waals surface area contributed by atoms with E-state index in [1.165, 1.54) is 32.1 Å². The highest BCUT2D eigenvalue weighted by Crippen LogP contribution is 2.11. The van der Waals surface area contributed by atoms with Crippen molar-refractivity contribution in [3.8, 4) is 11.8 Å². The van der Waals surface area contributed by atoms with Crippen molar-refractivity contribution >= 4 is 5.97 Å². The normalized spacial score (nSPS) is 11.7. The van der Waals surface area contributed by atoms with Crippen LogP contribution in [0, 0.1) is 11.8 Å². The molecule has 0 aromatic carbocycles. The standard InChI is InChI=1S/C18H32O3/c1-2-14-17(19)15-12-10-8-6-4-3-5-7-9-11-13-16-18(20)21/h17,19H,2-11,13-14,16H2,1H3,(H,20,21). The second-order valence-electron chi connectivity index (χ2n) is 5.70. The molecular formula is C18H32O3. The third-order valence-electron chi connectivity index (χ3n) is 3.52. The van der Waals surface area contributed by atoms with Crippen molar-refractivity contribution in [2.75, 3.05) is 0 Å². The van der Waals surface area contributed by atoms with E-state index in [1.807, 2.05) is 0 Å². The molecule has 1 unspecified atom stereocenters. The van der Waals surface area contributed by atoms with Crippen LogP contribution in [0.2, 0.25) is 0 Å². The number of carbonyl (C=O) groups is 1. The summed E-state index contributed by atoms with van der Waals surface area (Å²) in [7, 11) is 0. The van der Waals surface area contributed by atoms with Crippen molar-refractivity contribution in [2.45, 2.75) is 96.5 Å². The molecule has 0 fully saturated rings. The number of carboxylic acids is 1. The highest BCUT2D eigenvalue weighted by molar-refractivity contribution is 5.66. The Morgan fingerprint density at radius 3 is 2.00 bits per heavy atom. The lowest BCUT2D eigenvalue weighted by Gasteiger charge is -2.01. The molecule has 0 rings (SSSR count). The van der Waals surface area contributed by atoms with Gasteiger partial charge in [0, 0.05) is 12.8 Å². The summed E-state index contributed by atoms with van der Waals surface area (Å²) < 4.78 is 0. The average molecular weight is 296 g/mol. The molecule has 0 aromatic rings. The van der Waals surface area contributed by atoms with Gasteiger partial charge < -0.3 is 10.2 Å². The van der Waals surface area contributed by atoms with E-state index in [4.69, 9.17) is 5.11 Å². The highest BCUT2D eigenvalue weighted by Gasteiger charge is 1.97. The third-order valence-corrected chi connectivity index (χ3v) is 3.52. The molecule has 0 aliphatic carbocycles. The summed E-state index contributed by atoms with van der Waals surface area (Å²) >= 11 is 0. The maximum absolute atomic E-state index is 10.3. The summed E-state index contributed by atoms with van der Waals surface area (Å²) in [6.45, 7) is 2.05. The Balaban J connectivity index is 3.17. The molecule has 0 aliphatic rings. The van der Waals surface area contributed by atoms with Crippen LogP contribution in [0.4, 0.5) is 0 Å². The number of carboxylic acid groups (broad SMARTS) is 1. The molecule has 0 radical (unpaired) electrons. The van der Waals surface area contributed by atoms with Gasteiger partial charge in [0.05, 0.1) is 0 Å². The number of rotatable bonds is 13. The minimum atomic E-state index is -0.680. The van der Waals surface area contributed by atoms with Crippen molar-refractivity contribution in [2.24, 2.45) is 0 Å². The van der Waals surface area contributed by atoms with Gasteiger partial charge in [0.15, 0.2) is 0 Å². The Kier molecular flexibility index (Phi) is 14.6. The first kappa shape index (κ1) is 20.0. The third kappa shape index (κ3) is 16.9. The van der Waals surface area contributed by atoms with Crippen LogP contribution in [0.15, 0.2) is 0 Å². The zero-order valence-corrected chi connectivity index (χ0v) is 13.6. The zero-order chi connectivity index (χ0) is 15.8. The molecule has 0 heterocycles. The number of hydrogen-bond donors (Lipinski definition) is 2. The molecule has 0 saturated carbocycles. The lowest BCUT2D eigenvalue weighted by Crippen LogP contribution is -2.00. The van der Waals surface area contributed by atoms with Crippen LogP contribution >= 0.6 is 0 Å². The fourth-order valence-electron chi connectivity index (χ4n) is 2.26. The van der Waals surface area contributed by atoms with Gasteiger partial charge in [-0.05, 0) is 19.3 Å². The van der Waals surface area contributed by atoms with Crippen LogP contribution < -0.4 is 0 Å². The van der Waals surface area contributed by atoms with Crippen molar-refractivity contribution in [1.82, 2.24) is 0 Å².